The van der Waals surface area contributed by atoms with Crippen molar-refractivity contribution in [1.29, 1.82) is 0 Å². The molecule has 9 heavy (non-hydrogen) atoms. The molecule has 0 bridgehead atoms. The number of hydrogen-bond donors (Lipinski definition) is 3. The first-order chi connectivity index (χ1) is 4.43. The molecule has 5 nitrogen and oxygen atoms in total. The van der Waals surface area contributed by atoms with Crippen LogP contribution in [0.5, 0.6) is 0 Å². The van der Waals surface area contributed by atoms with Crippen LogP contribution in [0.25, 0.3) is 0 Å². The third-order valence-corrected chi connectivity index (χ3v) is 1.40. The molecule has 1 aliphatic heterocycles. The van der Waals surface area contributed by atoms with E-state index >= 15 is 0 Å². The van der Waals surface area contributed by atoms with E-state index in [1.807, 2.05) is 0 Å². The highest BCUT2D eigenvalue weighted by molar-refractivity contribution is 7.17. The largest absolute Gasteiger partial charge is 0.300 e. The molecule has 0 saturated carbocycles. The molecule has 0 amide bonds. The quantitative estimate of drug-likeness (QED) is 0.426. The molecule has 0 radical (unpaired) electrons. The van der Waals surface area contributed by atoms with Gasteiger partial charge in [0.15, 0.2) is 15.0 Å². The molecule has 54 valence electrons. The third-order valence-electron chi connectivity index (χ3n) is 1.02. The fourth-order valence-electron chi connectivity index (χ4n) is 0.616. The van der Waals surface area contributed by atoms with Crippen molar-refractivity contribution < 1.29 is 9.09 Å². The van der Waals surface area contributed by atoms with Gasteiger partial charge in [-0.25, -0.2) is 0 Å². The normalized spacial score (nSPS) is 23.6. The zero-order valence-electron chi connectivity index (χ0n) is 4.89. The molecule has 3 N–H and O–H groups in total. The van der Waals surface area contributed by atoms with E-state index in [4.69, 9.17) is 4.52 Å². The van der Waals surface area contributed by atoms with Crippen LogP contribution < -0.4 is 16.0 Å². The van der Waals surface area contributed by atoms with Gasteiger partial charge in [-0.2, -0.15) is 0 Å². The lowest BCUT2D eigenvalue weighted by Crippen LogP contribution is -2.55. The minimum atomic E-state index is -1.12. The molecule has 0 aromatic carbocycles. The predicted molar refractivity (Wildman–Crippen MR) is 34.4 cm³/mol. The molecule has 1 atom stereocenters. The Labute approximate surface area is 54.4 Å². The second-order valence-corrected chi connectivity index (χ2v) is 2.09. The van der Waals surface area contributed by atoms with E-state index in [2.05, 4.69) is 16.0 Å². The van der Waals surface area contributed by atoms with Crippen LogP contribution in [0.1, 0.15) is 0 Å². The Morgan fingerprint density at radius 3 is 2.67 bits per heavy atom. The fourth-order valence-corrected chi connectivity index (χ4v) is 0.920. The first-order valence-corrected chi connectivity index (χ1v) is 3.64. The van der Waals surface area contributed by atoms with Crippen LogP contribution in [0.3, 0.4) is 0 Å². The Hall–Kier alpha value is 0.0700. The van der Waals surface area contributed by atoms with Gasteiger partial charge in [0, 0.05) is 13.3 Å². The third kappa shape index (κ3) is 2.43. The van der Waals surface area contributed by atoms with E-state index in [1.54, 1.807) is 0 Å². The van der Waals surface area contributed by atoms with Crippen LogP contribution in [0.15, 0.2) is 0 Å². The Bertz CT molecular complexity index is 95.1. The molecule has 1 heterocycles. The van der Waals surface area contributed by atoms with Crippen molar-refractivity contribution in [3.63, 3.8) is 0 Å². The number of rotatable bonds is 2. The second kappa shape index (κ2) is 3.98. The molecule has 0 spiro atoms. The standard InChI is InChI=1S/C3H10N3O2P/c7-9-8-3-5-1-4-2-6-3/h3-6H,1-2,9H2. The summed E-state index contributed by atoms with van der Waals surface area (Å²) in [5, 5.41) is 8.77. The summed E-state index contributed by atoms with van der Waals surface area (Å²) in [6, 6.07) is 0. The van der Waals surface area contributed by atoms with E-state index in [0.717, 1.165) is 0 Å². The topological polar surface area (TPSA) is 62.4 Å². The molecule has 0 aromatic rings. The number of hydrogen-bond acceptors (Lipinski definition) is 5. The molecular formula is C3H10N3O2P. The Morgan fingerprint density at radius 2 is 2.11 bits per heavy atom. The average Bonchev–Trinajstić information content (AvgIpc) is 1.91. The SMILES string of the molecule is O=[PH2]OC1NCNCN1. The van der Waals surface area contributed by atoms with E-state index in [-0.39, 0.29) is 6.35 Å². The zero-order valence-corrected chi connectivity index (χ0v) is 6.04. The first-order valence-electron chi connectivity index (χ1n) is 2.70. The minimum absolute atomic E-state index is 0.237. The van der Waals surface area contributed by atoms with Crippen molar-refractivity contribution in [2.75, 3.05) is 13.3 Å². The molecular weight excluding hydrogens is 141 g/mol. The van der Waals surface area contributed by atoms with Gasteiger partial charge in [-0.15, -0.1) is 0 Å². The van der Waals surface area contributed by atoms with E-state index < -0.39 is 8.69 Å². The molecule has 1 rings (SSSR count). The lowest BCUT2D eigenvalue weighted by atomic mass is 10.7. The monoisotopic (exact) mass is 151 g/mol. The highest BCUT2D eigenvalue weighted by Crippen LogP contribution is 1.97. The summed E-state index contributed by atoms with van der Waals surface area (Å²) in [5.74, 6) is 0. The maximum atomic E-state index is 9.96. The molecule has 1 fully saturated rings. The molecule has 0 aliphatic carbocycles. The molecule has 1 saturated heterocycles. The highest BCUT2D eigenvalue weighted by atomic mass is 31.1. The average molecular weight is 151 g/mol. The molecule has 1 aliphatic rings. The van der Waals surface area contributed by atoms with Gasteiger partial charge in [-0.3, -0.25) is 25.0 Å². The van der Waals surface area contributed by atoms with Crippen LogP contribution in [-0.2, 0) is 9.09 Å². The zero-order chi connectivity index (χ0) is 6.53. The van der Waals surface area contributed by atoms with E-state index in [9.17, 15) is 4.57 Å². The fraction of sp³-hybridized carbons (Fsp3) is 1.00. The van der Waals surface area contributed by atoms with Gasteiger partial charge in [0.2, 0.25) is 0 Å². The van der Waals surface area contributed by atoms with Crippen LogP contribution in [0, 0.1) is 0 Å². The van der Waals surface area contributed by atoms with Gasteiger partial charge in [-0.05, 0) is 0 Å². The van der Waals surface area contributed by atoms with Crippen LogP contribution in [-0.4, -0.2) is 19.7 Å². The van der Waals surface area contributed by atoms with Crippen molar-refractivity contribution in [2.45, 2.75) is 6.35 Å². The summed E-state index contributed by atoms with van der Waals surface area (Å²) < 4.78 is 14.7. The minimum Gasteiger partial charge on any atom is -0.300 e. The van der Waals surface area contributed by atoms with Gasteiger partial charge in [0.25, 0.3) is 0 Å². The summed E-state index contributed by atoms with van der Waals surface area (Å²) >= 11 is 0. The highest BCUT2D eigenvalue weighted by Gasteiger charge is 2.08. The Kier molecular flexibility index (Phi) is 3.17. The van der Waals surface area contributed by atoms with Gasteiger partial charge < -0.3 is 0 Å². The summed E-state index contributed by atoms with van der Waals surface area (Å²) in [7, 11) is -1.12. The summed E-state index contributed by atoms with van der Waals surface area (Å²) in [5.41, 5.74) is 0. The summed E-state index contributed by atoms with van der Waals surface area (Å²) in [6.07, 6.45) is -0.237. The van der Waals surface area contributed by atoms with Crippen molar-refractivity contribution in [1.82, 2.24) is 16.0 Å². The van der Waals surface area contributed by atoms with Crippen LogP contribution in [0.2, 0.25) is 0 Å². The summed E-state index contributed by atoms with van der Waals surface area (Å²) in [4.78, 5) is 0. The van der Waals surface area contributed by atoms with Crippen LogP contribution in [0.4, 0.5) is 0 Å². The van der Waals surface area contributed by atoms with E-state index in [1.165, 1.54) is 0 Å². The maximum Gasteiger partial charge on any atom is 0.182 e. The van der Waals surface area contributed by atoms with Gasteiger partial charge in [-0.1, -0.05) is 0 Å². The van der Waals surface area contributed by atoms with Crippen LogP contribution >= 0.6 is 8.69 Å². The number of nitrogens with one attached hydrogen (secondary N) is 3. The van der Waals surface area contributed by atoms with Gasteiger partial charge in [0.1, 0.15) is 0 Å². The first kappa shape index (κ1) is 7.18. The van der Waals surface area contributed by atoms with Crippen molar-refractivity contribution >= 4 is 8.69 Å². The Balaban J connectivity index is 2.15. The van der Waals surface area contributed by atoms with Gasteiger partial charge in [0.05, 0.1) is 0 Å². The predicted octanol–water partition coefficient (Wildman–Crippen LogP) is -1.34. The van der Waals surface area contributed by atoms with Crippen molar-refractivity contribution in [3.05, 3.63) is 0 Å². The smallest absolute Gasteiger partial charge is 0.182 e. The lowest BCUT2D eigenvalue weighted by molar-refractivity contribution is 0.115. The summed E-state index contributed by atoms with van der Waals surface area (Å²) in [6.45, 7) is 1.38. The van der Waals surface area contributed by atoms with E-state index in [0.29, 0.717) is 13.3 Å². The maximum absolute atomic E-state index is 9.96. The van der Waals surface area contributed by atoms with Crippen molar-refractivity contribution in [3.8, 4) is 0 Å². The van der Waals surface area contributed by atoms with Crippen molar-refractivity contribution in [2.24, 2.45) is 0 Å². The Morgan fingerprint density at radius 1 is 1.44 bits per heavy atom. The van der Waals surface area contributed by atoms with Gasteiger partial charge >= 0.3 is 0 Å². The molecule has 6 heteroatoms. The molecule has 0 aromatic heterocycles. The lowest BCUT2D eigenvalue weighted by Gasteiger charge is -2.23. The molecule has 1 unspecified atom stereocenters. The second-order valence-electron chi connectivity index (χ2n) is 1.62.